The molecule has 106 valence electrons. The van der Waals surface area contributed by atoms with Gasteiger partial charge in [-0.05, 0) is 18.6 Å². The van der Waals surface area contributed by atoms with Crippen molar-refractivity contribution in [3.8, 4) is 6.07 Å². The molecule has 1 aromatic carbocycles. The van der Waals surface area contributed by atoms with Gasteiger partial charge in [-0.2, -0.15) is 10.4 Å². The van der Waals surface area contributed by atoms with Crippen LogP contribution in [0.1, 0.15) is 23.7 Å². The molecule has 2 aromatic heterocycles. The lowest BCUT2D eigenvalue weighted by molar-refractivity contribution is 0.746. The van der Waals surface area contributed by atoms with Gasteiger partial charge in [0.2, 0.25) is 5.95 Å². The lowest BCUT2D eigenvalue weighted by Crippen LogP contribution is -2.05. The summed E-state index contributed by atoms with van der Waals surface area (Å²) in [5, 5.41) is 13.6. The molecule has 21 heavy (non-hydrogen) atoms. The number of nitrogens with zero attached hydrogens (tertiary/aromatic N) is 5. The fraction of sp³-hybridized carbons (Fsp3) is 0.267. The summed E-state index contributed by atoms with van der Waals surface area (Å²) in [6, 6.07) is 7.69. The number of anilines is 1. The number of fused-ring (bicyclic) bond motifs is 1. The first-order valence-electron chi connectivity index (χ1n) is 6.80. The third-order valence-electron chi connectivity index (χ3n) is 3.58. The van der Waals surface area contributed by atoms with Crippen molar-refractivity contribution in [2.24, 2.45) is 7.05 Å². The van der Waals surface area contributed by atoms with E-state index in [1.165, 1.54) is 0 Å². The zero-order valence-corrected chi connectivity index (χ0v) is 12.0. The maximum Gasteiger partial charge on any atom is 0.201 e. The molecular formula is C15H16N6. The van der Waals surface area contributed by atoms with Gasteiger partial charge in [0.1, 0.15) is 11.6 Å². The molecule has 0 saturated carbocycles. The van der Waals surface area contributed by atoms with Crippen LogP contribution in [-0.4, -0.2) is 19.3 Å². The fourth-order valence-corrected chi connectivity index (χ4v) is 2.61. The zero-order valence-electron chi connectivity index (χ0n) is 12.0. The molecule has 0 saturated heterocycles. The number of aromatic nitrogens is 4. The van der Waals surface area contributed by atoms with Gasteiger partial charge in [-0.3, -0.25) is 4.68 Å². The molecule has 6 heteroatoms. The van der Waals surface area contributed by atoms with E-state index in [9.17, 15) is 0 Å². The summed E-state index contributed by atoms with van der Waals surface area (Å²) >= 11 is 0. The van der Waals surface area contributed by atoms with E-state index >= 15 is 0 Å². The number of aryl methyl sites for hydroxylation is 2. The maximum absolute atomic E-state index is 9.16. The number of rotatable bonds is 3. The molecule has 0 radical (unpaired) electrons. The Balaban J connectivity index is 2.13. The molecule has 0 spiro atoms. The van der Waals surface area contributed by atoms with Crippen LogP contribution < -0.4 is 5.73 Å². The van der Waals surface area contributed by atoms with Gasteiger partial charge in [0.15, 0.2) is 0 Å². The highest BCUT2D eigenvalue weighted by Crippen LogP contribution is 2.23. The highest BCUT2D eigenvalue weighted by atomic mass is 15.3. The van der Waals surface area contributed by atoms with E-state index in [-0.39, 0.29) is 0 Å². The second-order valence-corrected chi connectivity index (χ2v) is 4.97. The number of para-hydroxylation sites is 1. The largest absolute Gasteiger partial charge is 0.369 e. The van der Waals surface area contributed by atoms with Crippen LogP contribution in [0, 0.1) is 11.3 Å². The minimum Gasteiger partial charge on any atom is -0.369 e. The summed E-state index contributed by atoms with van der Waals surface area (Å²) in [7, 11) is 1.91. The molecule has 0 aliphatic carbocycles. The van der Waals surface area contributed by atoms with Gasteiger partial charge >= 0.3 is 0 Å². The zero-order chi connectivity index (χ0) is 15.0. The minimum atomic E-state index is 0.415. The number of nitriles is 1. The van der Waals surface area contributed by atoms with Gasteiger partial charge in [-0.15, -0.1) is 0 Å². The highest BCUT2D eigenvalue weighted by molar-refractivity contribution is 5.84. The SMILES string of the molecule is CCc1nn(C)cc1Cn1c(N)nc2c(C#N)cccc21. The predicted octanol–water partition coefficient (Wildman–Crippen LogP) is 1.83. The molecule has 0 atom stereocenters. The van der Waals surface area contributed by atoms with Crippen molar-refractivity contribution in [3.63, 3.8) is 0 Å². The molecule has 3 aromatic rings. The van der Waals surface area contributed by atoms with Crippen molar-refractivity contribution in [2.45, 2.75) is 19.9 Å². The molecule has 0 unspecified atom stereocenters. The monoisotopic (exact) mass is 280 g/mol. The molecule has 0 aliphatic heterocycles. The molecule has 6 nitrogen and oxygen atoms in total. The second-order valence-electron chi connectivity index (χ2n) is 4.97. The van der Waals surface area contributed by atoms with Gasteiger partial charge in [-0.1, -0.05) is 13.0 Å². The van der Waals surface area contributed by atoms with Gasteiger partial charge in [0.25, 0.3) is 0 Å². The van der Waals surface area contributed by atoms with Crippen LogP contribution in [-0.2, 0) is 20.0 Å². The summed E-state index contributed by atoms with van der Waals surface area (Å²) in [6.45, 7) is 2.68. The maximum atomic E-state index is 9.16. The van der Waals surface area contributed by atoms with E-state index in [0.29, 0.717) is 23.6 Å². The smallest absolute Gasteiger partial charge is 0.201 e. The highest BCUT2D eigenvalue weighted by Gasteiger charge is 2.14. The second kappa shape index (κ2) is 4.94. The average molecular weight is 280 g/mol. The first-order valence-corrected chi connectivity index (χ1v) is 6.80. The third-order valence-corrected chi connectivity index (χ3v) is 3.58. The van der Waals surface area contributed by atoms with Crippen LogP contribution in [0.15, 0.2) is 24.4 Å². The Kier molecular flexibility index (Phi) is 3.10. The Morgan fingerprint density at radius 3 is 2.90 bits per heavy atom. The summed E-state index contributed by atoms with van der Waals surface area (Å²) in [5.74, 6) is 0.415. The Morgan fingerprint density at radius 2 is 2.19 bits per heavy atom. The van der Waals surface area contributed by atoms with Crippen LogP contribution in [0.4, 0.5) is 5.95 Å². The first kappa shape index (κ1) is 13.2. The van der Waals surface area contributed by atoms with Crippen molar-refractivity contribution < 1.29 is 0 Å². The van der Waals surface area contributed by atoms with Gasteiger partial charge in [0, 0.05) is 18.8 Å². The Bertz CT molecular complexity index is 849. The lowest BCUT2D eigenvalue weighted by atomic mass is 10.2. The molecule has 2 N–H and O–H groups in total. The number of hydrogen-bond acceptors (Lipinski definition) is 4. The Labute approximate surface area is 122 Å². The molecular weight excluding hydrogens is 264 g/mol. The van der Waals surface area contributed by atoms with Crippen molar-refractivity contribution in [3.05, 3.63) is 41.2 Å². The normalized spacial score (nSPS) is 10.9. The van der Waals surface area contributed by atoms with Gasteiger partial charge in [-0.25, -0.2) is 4.98 Å². The summed E-state index contributed by atoms with van der Waals surface area (Å²) in [5.41, 5.74) is 10.3. The molecule has 2 heterocycles. The van der Waals surface area contributed by atoms with Crippen LogP contribution in [0.3, 0.4) is 0 Å². The number of imidazole rings is 1. The summed E-state index contributed by atoms with van der Waals surface area (Å²) in [4.78, 5) is 4.33. The van der Waals surface area contributed by atoms with E-state index in [4.69, 9.17) is 11.0 Å². The Hall–Kier alpha value is -2.81. The lowest BCUT2D eigenvalue weighted by Gasteiger charge is -2.06. The van der Waals surface area contributed by atoms with Gasteiger partial charge < -0.3 is 10.3 Å². The van der Waals surface area contributed by atoms with Crippen molar-refractivity contribution in [1.29, 1.82) is 5.26 Å². The summed E-state index contributed by atoms with van der Waals surface area (Å²) < 4.78 is 3.73. The molecule has 0 aliphatic rings. The van der Waals surface area contributed by atoms with E-state index in [0.717, 1.165) is 23.2 Å². The standard InChI is InChI=1S/C15H16N6/c1-3-12-11(8-20(2)19-12)9-21-13-6-4-5-10(7-16)14(13)18-15(21)17/h4-6,8H,3,9H2,1-2H3,(H2,17,18). The fourth-order valence-electron chi connectivity index (χ4n) is 2.61. The number of hydrogen-bond donors (Lipinski definition) is 1. The minimum absolute atomic E-state index is 0.415. The van der Waals surface area contributed by atoms with Crippen LogP contribution >= 0.6 is 0 Å². The first-order chi connectivity index (χ1) is 10.1. The van der Waals surface area contributed by atoms with Crippen LogP contribution in [0.5, 0.6) is 0 Å². The van der Waals surface area contributed by atoms with Crippen molar-refractivity contribution >= 4 is 17.0 Å². The average Bonchev–Trinajstić information content (AvgIpc) is 2.99. The van der Waals surface area contributed by atoms with Crippen LogP contribution in [0.2, 0.25) is 0 Å². The third kappa shape index (κ3) is 2.13. The molecule has 0 bridgehead atoms. The molecule has 3 rings (SSSR count). The Morgan fingerprint density at radius 1 is 1.38 bits per heavy atom. The number of nitrogens with two attached hydrogens (primary N) is 1. The van der Waals surface area contributed by atoms with Crippen molar-refractivity contribution in [1.82, 2.24) is 19.3 Å². The molecule has 0 fully saturated rings. The van der Waals surface area contributed by atoms with Crippen molar-refractivity contribution in [2.75, 3.05) is 5.73 Å². The molecule has 0 amide bonds. The van der Waals surface area contributed by atoms with E-state index in [1.807, 2.05) is 34.6 Å². The quantitative estimate of drug-likeness (QED) is 0.793. The van der Waals surface area contributed by atoms with E-state index in [1.54, 1.807) is 6.07 Å². The number of nitrogen functional groups attached to an aromatic ring is 1. The predicted molar refractivity (Wildman–Crippen MR) is 80.5 cm³/mol. The number of benzene rings is 1. The van der Waals surface area contributed by atoms with Gasteiger partial charge in [0.05, 0.1) is 23.3 Å². The van der Waals surface area contributed by atoms with E-state index in [2.05, 4.69) is 23.1 Å². The van der Waals surface area contributed by atoms with Crippen LogP contribution in [0.25, 0.3) is 11.0 Å². The topological polar surface area (TPSA) is 85.4 Å². The van der Waals surface area contributed by atoms with E-state index < -0.39 is 0 Å². The summed E-state index contributed by atoms with van der Waals surface area (Å²) in [6.07, 6.45) is 2.87.